The first kappa shape index (κ1) is 17.3. The van der Waals surface area contributed by atoms with E-state index >= 15 is 0 Å². The van der Waals surface area contributed by atoms with E-state index in [4.69, 9.17) is 10.5 Å². The number of ether oxygens (including phenoxy) is 1. The summed E-state index contributed by atoms with van der Waals surface area (Å²) in [4.78, 5) is 3.88. The molecule has 0 aliphatic rings. The van der Waals surface area contributed by atoms with Crippen LogP contribution < -0.4 is 15.8 Å². The van der Waals surface area contributed by atoms with Gasteiger partial charge in [0.15, 0.2) is 5.96 Å². The largest absolute Gasteiger partial charge is 0.457 e. The molecule has 0 heterocycles. The summed E-state index contributed by atoms with van der Waals surface area (Å²) in [7, 11) is 1.65. The van der Waals surface area contributed by atoms with Crippen molar-refractivity contribution < 1.29 is 4.74 Å². The van der Waals surface area contributed by atoms with Crippen molar-refractivity contribution in [1.82, 2.24) is 5.32 Å². The molecule has 4 nitrogen and oxygen atoms in total. The number of aliphatic imine (C=N–C) groups is 1. The maximum Gasteiger partial charge on any atom is 0.188 e. The highest BCUT2D eigenvalue weighted by Gasteiger charge is 2.06. The summed E-state index contributed by atoms with van der Waals surface area (Å²) in [5.74, 6) is 2.06. The molecule has 21 heavy (non-hydrogen) atoms. The van der Waals surface area contributed by atoms with Crippen molar-refractivity contribution in [2.75, 3.05) is 7.05 Å². The number of nitrogens with zero attached hydrogens (tertiary/aromatic N) is 1. The summed E-state index contributed by atoms with van der Waals surface area (Å²) < 4.78 is 5.94. The van der Waals surface area contributed by atoms with Crippen LogP contribution in [0.4, 0.5) is 0 Å². The Morgan fingerprint density at radius 2 is 1.90 bits per heavy atom. The molecule has 0 unspecified atom stereocenters. The van der Waals surface area contributed by atoms with Gasteiger partial charge in [-0.2, -0.15) is 0 Å². The monoisotopic (exact) mass is 397 g/mol. The number of aryl methyl sites for hydroxylation is 1. The van der Waals surface area contributed by atoms with Crippen molar-refractivity contribution in [3.8, 4) is 11.5 Å². The quantitative estimate of drug-likeness (QED) is 0.472. The number of hydrogen-bond donors (Lipinski definition) is 2. The topological polar surface area (TPSA) is 59.6 Å². The van der Waals surface area contributed by atoms with Crippen molar-refractivity contribution in [2.45, 2.75) is 13.5 Å². The highest BCUT2D eigenvalue weighted by atomic mass is 127. The van der Waals surface area contributed by atoms with Gasteiger partial charge in [-0.05, 0) is 30.7 Å². The summed E-state index contributed by atoms with van der Waals surface area (Å²) in [6.45, 7) is 2.61. The van der Waals surface area contributed by atoms with Crippen molar-refractivity contribution in [2.24, 2.45) is 10.7 Å². The Bertz CT molecular complexity index is 600. The molecular formula is C16H20IN3O. The van der Waals surface area contributed by atoms with Crippen molar-refractivity contribution >= 4 is 29.9 Å². The highest BCUT2D eigenvalue weighted by Crippen LogP contribution is 2.26. The van der Waals surface area contributed by atoms with E-state index in [-0.39, 0.29) is 24.0 Å². The minimum absolute atomic E-state index is 0. The molecule has 112 valence electrons. The maximum atomic E-state index is 5.94. The van der Waals surface area contributed by atoms with Crippen LogP contribution in [0.3, 0.4) is 0 Å². The van der Waals surface area contributed by atoms with Gasteiger partial charge in [-0.3, -0.25) is 4.99 Å². The number of para-hydroxylation sites is 1. The number of rotatable bonds is 4. The Balaban J connectivity index is 0.00000220. The third-order valence-electron chi connectivity index (χ3n) is 2.89. The lowest BCUT2D eigenvalue weighted by atomic mass is 10.1. The molecule has 0 bridgehead atoms. The van der Waals surface area contributed by atoms with Gasteiger partial charge < -0.3 is 15.8 Å². The third kappa shape index (κ3) is 5.26. The normalized spacial score (nSPS) is 10.7. The van der Waals surface area contributed by atoms with Gasteiger partial charge >= 0.3 is 0 Å². The predicted molar refractivity (Wildman–Crippen MR) is 97.5 cm³/mol. The van der Waals surface area contributed by atoms with E-state index in [1.54, 1.807) is 7.05 Å². The second-order valence-corrected chi connectivity index (χ2v) is 4.49. The average molecular weight is 397 g/mol. The zero-order valence-electron chi connectivity index (χ0n) is 12.2. The van der Waals surface area contributed by atoms with Crippen LogP contribution in [0.5, 0.6) is 11.5 Å². The Hall–Kier alpha value is -1.76. The number of halogens is 1. The first-order valence-electron chi connectivity index (χ1n) is 6.47. The Kier molecular flexibility index (Phi) is 7.01. The molecular weight excluding hydrogens is 377 g/mol. The molecule has 0 spiro atoms. The summed E-state index contributed by atoms with van der Waals surface area (Å²) in [6, 6.07) is 15.8. The molecule has 2 aromatic rings. The van der Waals surface area contributed by atoms with E-state index in [9.17, 15) is 0 Å². The standard InChI is InChI=1S/C16H19N3O.HI/c1-12-8-9-13(11-19-16(17)18-2)15(10-12)20-14-6-4-3-5-7-14;/h3-10H,11H2,1-2H3,(H3,17,18,19);1H. The van der Waals surface area contributed by atoms with Crippen LogP contribution in [-0.4, -0.2) is 13.0 Å². The fraction of sp³-hybridized carbons (Fsp3) is 0.188. The molecule has 2 rings (SSSR count). The van der Waals surface area contributed by atoms with Crippen LogP contribution in [0, 0.1) is 6.92 Å². The van der Waals surface area contributed by atoms with E-state index in [0.29, 0.717) is 12.5 Å². The number of nitrogens with one attached hydrogen (secondary N) is 1. The molecule has 0 amide bonds. The van der Waals surface area contributed by atoms with E-state index in [2.05, 4.69) is 10.3 Å². The minimum Gasteiger partial charge on any atom is -0.457 e. The molecule has 0 radical (unpaired) electrons. The molecule has 0 saturated carbocycles. The van der Waals surface area contributed by atoms with E-state index in [0.717, 1.165) is 22.6 Å². The van der Waals surface area contributed by atoms with Gasteiger partial charge in [-0.1, -0.05) is 30.3 Å². The van der Waals surface area contributed by atoms with Crippen LogP contribution in [0.1, 0.15) is 11.1 Å². The Morgan fingerprint density at radius 1 is 1.19 bits per heavy atom. The first-order valence-corrected chi connectivity index (χ1v) is 6.47. The van der Waals surface area contributed by atoms with Gasteiger partial charge in [0.1, 0.15) is 11.5 Å². The van der Waals surface area contributed by atoms with Crippen molar-refractivity contribution in [1.29, 1.82) is 0 Å². The van der Waals surface area contributed by atoms with Gasteiger partial charge in [-0.25, -0.2) is 0 Å². The third-order valence-corrected chi connectivity index (χ3v) is 2.89. The second kappa shape index (κ2) is 8.51. The Morgan fingerprint density at radius 3 is 2.57 bits per heavy atom. The van der Waals surface area contributed by atoms with Crippen LogP contribution >= 0.6 is 24.0 Å². The van der Waals surface area contributed by atoms with Gasteiger partial charge in [-0.15, -0.1) is 24.0 Å². The lowest BCUT2D eigenvalue weighted by Crippen LogP contribution is -2.30. The summed E-state index contributed by atoms with van der Waals surface area (Å²) in [6.07, 6.45) is 0. The fourth-order valence-electron chi connectivity index (χ4n) is 1.78. The zero-order valence-corrected chi connectivity index (χ0v) is 14.5. The SMILES string of the molecule is CN=C(N)NCc1ccc(C)cc1Oc1ccccc1.I. The molecule has 3 N–H and O–H groups in total. The van der Waals surface area contributed by atoms with E-state index in [1.807, 2.05) is 55.5 Å². The molecule has 0 fully saturated rings. The van der Waals surface area contributed by atoms with Gasteiger partial charge in [0.2, 0.25) is 0 Å². The van der Waals surface area contributed by atoms with Crippen molar-refractivity contribution in [3.05, 3.63) is 59.7 Å². The smallest absolute Gasteiger partial charge is 0.188 e. The van der Waals surface area contributed by atoms with E-state index < -0.39 is 0 Å². The minimum atomic E-state index is 0. The van der Waals surface area contributed by atoms with Crippen LogP contribution in [-0.2, 0) is 6.54 Å². The average Bonchev–Trinajstić information content (AvgIpc) is 2.47. The lowest BCUT2D eigenvalue weighted by Gasteiger charge is -2.13. The van der Waals surface area contributed by atoms with Crippen LogP contribution in [0.15, 0.2) is 53.5 Å². The number of hydrogen-bond acceptors (Lipinski definition) is 2. The van der Waals surface area contributed by atoms with E-state index in [1.165, 1.54) is 0 Å². The molecule has 5 heteroatoms. The zero-order chi connectivity index (χ0) is 14.4. The predicted octanol–water partition coefficient (Wildman–Crippen LogP) is 3.44. The summed E-state index contributed by atoms with van der Waals surface area (Å²) in [5, 5.41) is 3.04. The molecule has 0 aliphatic heterocycles. The number of guanidine groups is 1. The van der Waals surface area contributed by atoms with Crippen molar-refractivity contribution in [3.63, 3.8) is 0 Å². The highest BCUT2D eigenvalue weighted by molar-refractivity contribution is 14.0. The lowest BCUT2D eigenvalue weighted by molar-refractivity contribution is 0.475. The molecule has 0 aromatic heterocycles. The summed E-state index contributed by atoms with van der Waals surface area (Å²) in [5.41, 5.74) is 7.83. The van der Waals surface area contributed by atoms with Crippen LogP contribution in [0.25, 0.3) is 0 Å². The fourth-order valence-corrected chi connectivity index (χ4v) is 1.78. The number of nitrogens with two attached hydrogens (primary N) is 1. The van der Waals surface area contributed by atoms with Crippen LogP contribution in [0.2, 0.25) is 0 Å². The summed E-state index contributed by atoms with van der Waals surface area (Å²) >= 11 is 0. The van der Waals surface area contributed by atoms with Gasteiger partial charge in [0.25, 0.3) is 0 Å². The Labute approximate surface area is 142 Å². The molecule has 2 aromatic carbocycles. The first-order chi connectivity index (χ1) is 9.69. The molecule has 0 aliphatic carbocycles. The maximum absolute atomic E-state index is 5.94. The molecule has 0 atom stereocenters. The molecule has 0 saturated heterocycles. The van der Waals surface area contributed by atoms with Gasteiger partial charge in [0, 0.05) is 19.2 Å². The second-order valence-electron chi connectivity index (χ2n) is 4.49. The van der Waals surface area contributed by atoms with Gasteiger partial charge in [0.05, 0.1) is 0 Å². The number of benzene rings is 2.